The second-order valence-electron chi connectivity index (χ2n) is 8.17. The number of rotatable bonds is 5. The minimum absolute atomic E-state index is 0.229. The van der Waals surface area contributed by atoms with Gasteiger partial charge in [-0.05, 0) is 36.8 Å². The highest BCUT2D eigenvalue weighted by Gasteiger charge is 2.29. The minimum atomic E-state index is -3.82. The predicted molar refractivity (Wildman–Crippen MR) is 126 cm³/mol. The molecule has 1 atom stereocenters. The zero-order chi connectivity index (χ0) is 22.5. The van der Waals surface area contributed by atoms with Gasteiger partial charge >= 0.3 is 5.97 Å². The number of hydrogen-bond donors (Lipinski definition) is 2. The molecule has 32 heavy (non-hydrogen) atoms. The van der Waals surface area contributed by atoms with Crippen molar-refractivity contribution in [3.8, 4) is 0 Å². The van der Waals surface area contributed by atoms with E-state index in [4.69, 9.17) is 0 Å². The number of sulfonamides is 1. The van der Waals surface area contributed by atoms with Crippen molar-refractivity contribution < 1.29 is 18.3 Å². The molecule has 0 radical (unpaired) electrons. The molecule has 0 aliphatic carbocycles. The molecular weight excluding hydrogens is 426 g/mol. The van der Waals surface area contributed by atoms with Gasteiger partial charge in [-0.1, -0.05) is 30.3 Å². The van der Waals surface area contributed by atoms with Crippen LogP contribution in [0.1, 0.15) is 6.42 Å². The predicted octanol–water partition coefficient (Wildman–Crippen LogP) is 4.04. The fraction of sp³-hybridized carbons (Fsp3) is 0.208. The van der Waals surface area contributed by atoms with Crippen LogP contribution < -0.4 is 9.62 Å². The van der Waals surface area contributed by atoms with Crippen LogP contribution in [0.5, 0.6) is 0 Å². The number of benzene rings is 3. The highest BCUT2D eigenvalue weighted by atomic mass is 32.2. The second-order valence-corrected chi connectivity index (χ2v) is 9.82. The van der Waals surface area contributed by atoms with E-state index in [0.29, 0.717) is 30.6 Å². The first-order chi connectivity index (χ1) is 15.3. The van der Waals surface area contributed by atoms with E-state index in [1.54, 1.807) is 24.3 Å². The van der Waals surface area contributed by atoms with Crippen molar-refractivity contribution >= 4 is 49.0 Å². The smallest absolute Gasteiger partial charge is 0.308 e. The van der Waals surface area contributed by atoms with Gasteiger partial charge in [-0.3, -0.25) is 9.52 Å². The molecule has 2 heterocycles. The van der Waals surface area contributed by atoms with Crippen LogP contribution in [-0.4, -0.2) is 37.2 Å². The quantitative estimate of drug-likeness (QED) is 0.480. The number of carboxylic acids is 1. The molecule has 1 fully saturated rings. The third-order valence-corrected chi connectivity index (χ3v) is 7.62. The summed E-state index contributed by atoms with van der Waals surface area (Å²) in [5.74, 6) is -1.17. The second kappa shape index (κ2) is 7.56. The lowest BCUT2D eigenvalue weighted by Gasteiger charge is -2.22. The molecule has 4 aromatic rings. The molecule has 0 bridgehead atoms. The van der Waals surface area contributed by atoms with Crippen LogP contribution >= 0.6 is 0 Å². The van der Waals surface area contributed by atoms with Crippen LogP contribution in [0.25, 0.3) is 21.7 Å². The molecule has 0 spiro atoms. The van der Waals surface area contributed by atoms with Crippen molar-refractivity contribution in [3.63, 3.8) is 0 Å². The van der Waals surface area contributed by atoms with Crippen molar-refractivity contribution in [2.75, 3.05) is 22.7 Å². The number of fused-ring (bicyclic) bond motifs is 2. The average Bonchev–Trinajstić information content (AvgIpc) is 3.41. The van der Waals surface area contributed by atoms with Crippen molar-refractivity contribution in [1.82, 2.24) is 4.57 Å². The van der Waals surface area contributed by atoms with Gasteiger partial charge < -0.3 is 14.6 Å². The number of carbonyl (C=O) groups is 1. The van der Waals surface area contributed by atoms with E-state index in [2.05, 4.69) is 9.62 Å². The average molecular weight is 450 g/mol. The largest absolute Gasteiger partial charge is 0.481 e. The maximum absolute atomic E-state index is 13.3. The molecule has 0 saturated carbocycles. The van der Waals surface area contributed by atoms with Crippen LogP contribution in [-0.2, 0) is 21.9 Å². The van der Waals surface area contributed by atoms with Crippen molar-refractivity contribution in [1.29, 1.82) is 0 Å². The summed E-state index contributed by atoms with van der Waals surface area (Å²) in [6, 6.07) is 18.3. The van der Waals surface area contributed by atoms with Crippen LogP contribution in [0.3, 0.4) is 0 Å². The number of aryl methyl sites for hydroxylation is 1. The van der Waals surface area contributed by atoms with Crippen LogP contribution in [0.2, 0.25) is 0 Å². The standard InChI is InChI=1S/C24H23N3O4S/c1-26-13-12-19-21(26)7-4-8-23(19)32(30,31)25-20-9-10-22(18-6-3-2-5-17(18)20)27-14-11-16(15-27)24(28)29/h2-10,12-13,16,25H,11,14-15H2,1H3,(H,28,29)/t16-/m1/s1. The first-order valence-electron chi connectivity index (χ1n) is 10.4. The van der Waals surface area contributed by atoms with Gasteiger partial charge in [0, 0.05) is 53.7 Å². The fourth-order valence-corrected chi connectivity index (χ4v) is 5.83. The summed E-state index contributed by atoms with van der Waals surface area (Å²) in [6.07, 6.45) is 2.44. The Morgan fingerprint density at radius 1 is 1.00 bits per heavy atom. The van der Waals surface area contributed by atoms with Gasteiger partial charge in [0.15, 0.2) is 0 Å². The molecule has 2 N–H and O–H groups in total. The Hall–Kier alpha value is -3.52. The highest BCUT2D eigenvalue weighted by Crippen LogP contribution is 2.36. The number of aliphatic carboxylic acids is 1. The van der Waals surface area contributed by atoms with Gasteiger partial charge in [0.25, 0.3) is 10.0 Å². The first-order valence-corrected chi connectivity index (χ1v) is 11.9. The lowest BCUT2D eigenvalue weighted by Crippen LogP contribution is -2.23. The zero-order valence-corrected chi connectivity index (χ0v) is 18.3. The first kappa shape index (κ1) is 20.4. The van der Waals surface area contributed by atoms with Crippen LogP contribution in [0, 0.1) is 5.92 Å². The monoisotopic (exact) mass is 449 g/mol. The maximum Gasteiger partial charge on any atom is 0.308 e. The molecular formula is C24H23N3O4S. The van der Waals surface area contributed by atoms with E-state index in [1.165, 1.54) is 0 Å². The SMILES string of the molecule is Cn1ccc2c(S(=O)(=O)Nc3ccc(N4CC[C@@H](C(=O)O)C4)c4ccccc34)cccc21. The maximum atomic E-state index is 13.3. The molecule has 5 rings (SSSR count). The summed E-state index contributed by atoms with van der Waals surface area (Å²) in [7, 11) is -1.94. The molecule has 1 aliphatic rings. The van der Waals surface area contributed by atoms with Gasteiger partial charge in [0.2, 0.25) is 0 Å². The van der Waals surface area contributed by atoms with Gasteiger partial charge in [-0.15, -0.1) is 0 Å². The van der Waals surface area contributed by atoms with Crippen LogP contribution in [0.15, 0.2) is 71.8 Å². The van der Waals surface area contributed by atoms with Gasteiger partial charge in [-0.25, -0.2) is 8.42 Å². The molecule has 164 valence electrons. The number of hydrogen-bond acceptors (Lipinski definition) is 4. The number of aromatic nitrogens is 1. The van der Waals surface area contributed by atoms with E-state index < -0.39 is 21.9 Å². The van der Waals surface area contributed by atoms with E-state index in [9.17, 15) is 18.3 Å². The van der Waals surface area contributed by atoms with Crippen molar-refractivity contribution in [3.05, 3.63) is 66.9 Å². The number of nitrogens with zero attached hydrogens (tertiary/aromatic N) is 2. The number of carboxylic acid groups (broad SMARTS) is 1. The summed E-state index contributed by atoms with van der Waals surface area (Å²) >= 11 is 0. The lowest BCUT2D eigenvalue weighted by molar-refractivity contribution is -0.140. The molecule has 1 saturated heterocycles. The molecule has 3 aromatic carbocycles. The summed E-state index contributed by atoms with van der Waals surface area (Å²) in [5.41, 5.74) is 2.25. The Morgan fingerprint density at radius 2 is 1.78 bits per heavy atom. The van der Waals surface area contributed by atoms with Gasteiger partial charge in [0.1, 0.15) is 0 Å². The molecule has 8 heteroatoms. The Morgan fingerprint density at radius 3 is 2.53 bits per heavy atom. The van der Waals surface area contributed by atoms with Crippen molar-refractivity contribution in [2.45, 2.75) is 11.3 Å². The molecule has 1 aliphatic heterocycles. The van der Waals surface area contributed by atoms with Crippen molar-refractivity contribution in [2.24, 2.45) is 13.0 Å². The topological polar surface area (TPSA) is 91.6 Å². The molecule has 0 amide bonds. The molecule has 7 nitrogen and oxygen atoms in total. The third-order valence-electron chi connectivity index (χ3n) is 6.20. The summed E-state index contributed by atoms with van der Waals surface area (Å²) in [6.45, 7) is 1.10. The van der Waals surface area contributed by atoms with Crippen LogP contribution in [0.4, 0.5) is 11.4 Å². The Bertz CT molecular complexity index is 1460. The lowest BCUT2D eigenvalue weighted by atomic mass is 10.1. The zero-order valence-electron chi connectivity index (χ0n) is 17.5. The minimum Gasteiger partial charge on any atom is -0.481 e. The number of anilines is 2. The van der Waals surface area contributed by atoms with E-state index in [0.717, 1.165) is 22.0 Å². The normalized spacial score (nSPS) is 16.7. The summed E-state index contributed by atoms with van der Waals surface area (Å²) < 4.78 is 31.3. The highest BCUT2D eigenvalue weighted by molar-refractivity contribution is 7.93. The Labute approximate surface area is 185 Å². The van der Waals surface area contributed by atoms with Gasteiger partial charge in [-0.2, -0.15) is 0 Å². The molecule has 0 unspecified atom stereocenters. The van der Waals surface area contributed by atoms with E-state index in [1.807, 2.05) is 54.2 Å². The van der Waals surface area contributed by atoms with E-state index >= 15 is 0 Å². The summed E-state index contributed by atoms with van der Waals surface area (Å²) in [5, 5.41) is 11.7. The van der Waals surface area contributed by atoms with E-state index in [-0.39, 0.29) is 4.90 Å². The summed E-state index contributed by atoms with van der Waals surface area (Å²) in [4.78, 5) is 13.7. The Balaban J connectivity index is 1.55. The Kier molecular flexibility index (Phi) is 4.82. The van der Waals surface area contributed by atoms with Gasteiger partial charge in [0.05, 0.1) is 16.5 Å². The third kappa shape index (κ3) is 3.36. The molecule has 1 aromatic heterocycles. The fourth-order valence-electron chi connectivity index (χ4n) is 4.54. The number of nitrogens with one attached hydrogen (secondary N) is 1.